The first-order chi connectivity index (χ1) is 6.86. The van der Waals surface area contributed by atoms with Crippen molar-refractivity contribution in [2.24, 2.45) is 0 Å². The Hall–Kier alpha value is -1.72. The van der Waals surface area contributed by atoms with Crippen LogP contribution in [0.1, 0.15) is 26.6 Å². The van der Waals surface area contributed by atoms with Crippen molar-refractivity contribution in [2.45, 2.75) is 26.2 Å². The Kier molecular flexibility index (Phi) is 2.88. The molecule has 0 spiro atoms. The number of hydrogen-bond donors (Lipinski definition) is 0. The van der Waals surface area contributed by atoms with Crippen molar-refractivity contribution in [1.29, 1.82) is 0 Å². The lowest BCUT2D eigenvalue weighted by atomic mass is 9.96. The van der Waals surface area contributed by atoms with E-state index >= 15 is 0 Å². The molecule has 1 aromatic heterocycles. The Morgan fingerprint density at radius 1 is 1.47 bits per heavy atom. The third-order valence-electron chi connectivity index (χ3n) is 1.80. The van der Waals surface area contributed by atoms with Gasteiger partial charge in [-0.3, -0.25) is 10.1 Å². The summed E-state index contributed by atoms with van der Waals surface area (Å²) in [5.41, 5.74) is -0.479. The maximum atomic E-state index is 10.6. The van der Waals surface area contributed by atoms with Crippen molar-refractivity contribution in [1.82, 2.24) is 9.97 Å². The second-order valence-corrected chi connectivity index (χ2v) is 4.10. The molecule has 1 heterocycles. The van der Waals surface area contributed by atoms with Gasteiger partial charge in [-0.1, -0.05) is 20.8 Å². The van der Waals surface area contributed by atoms with Gasteiger partial charge in [0, 0.05) is 5.41 Å². The molecular weight excluding hydrogens is 198 g/mol. The smallest absolute Gasteiger partial charge is 0.349 e. The van der Waals surface area contributed by atoms with Crippen LogP contribution in [-0.2, 0) is 5.41 Å². The molecule has 0 saturated heterocycles. The first-order valence-electron chi connectivity index (χ1n) is 4.42. The molecule has 0 bridgehead atoms. The summed E-state index contributed by atoms with van der Waals surface area (Å²) in [6.45, 7) is 5.77. The highest BCUT2D eigenvalue weighted by Crippen LogP contribution is 2.26. The van der Waals surface area contributed by atoms with E-state index < -0.39 is 4.92 Å². The van der Waals surface area contributed by atoms with Crippen molar-refractivity contribution >= 4 is 5.69 Å². The van der Waals surface area contributed by atoms with Gasteiger partial charge in [0.15, 0.2) is 0 Å². The number of nitro groups is 1. The van der Waals surface area contributed by atoms with Gasteiger partial charge in [0.05, 0.1) is 12.0 Å². The average Bonchev–Trinajstić information content (AvgIpc) is 2.15. The van der Waals surface area contributed by atoms with Crippen LogP contribution in [0.5, 0.6) is 5.88 Å². The van der Waals surface area contributed by atoms with E-state index in [1.165, 1.54) is 13.3 Å². The molecule has 0 atom stereocenters. The summed E-state index contributed by atoms with van der Waals surface area (Å²) < 4.78 is 4.85. The zero-order valence-electron chi connectivity index (χ0n) is 9.14. The minimum absolute atomic E-state index is 0.0000694. The van der Waals surface area contributed by atoms with Crippen LogP contribution in [0.4, 0.5) is 5.69 Å². The number of aromatic nitrogens is 2. The van der Waals surface area contributed by atoms with Crippen LogP contribution in [-0.4, -0.2) is 22.0 Å². The summed E-state index contributed by atoms with van der Waals surface area (Å²) >= 11 is 0. The van der Waals surface area contributed by atoms with Crippen molar-refractivity contribution in [3.05, 3.63) is 22.1 Å². The fraction of sp³-hybridized carbons (Fsp3) is 0.556. The molecule has 0 aliphatic carbocycles. The molecule has 0 aliphatic rings. The van der Waals surface area contributed by atoms with E-state index in [0.717, 1.165) is 0 Å². The number of rotatable bonds is 2. The topological polar surface area (TPSA) is 78.2 Å². The minimum atomic E-state index is -0.564. The SMILES string of the molecule is COc1nc(C(C)(C)C)ncc1[N+](=O)[O-]. The molecular formula is C9H13N3O3. The molecule has 1 aromatic rings. The molecule has 0 unspecified atom stereocenters. The Morgan fingerprint density at radius 3 is 2.47 bits per heavy atom. The number of methoxy groups -OCH3 is 1. The first-order valence-corrected chi connectivity index (χ1v) is 4.42. The predicted octanol–water partition coefficient (Wildman–Crippen LogP) is 1.69. The molecule has 0 aliphatic heterocycles. The summed E-state index contributed by atoms with van der Waals surface area (Å²) in [5, 5.41) is 10.6. The molecule has 0 saturated carbocycles. The molecule has 15 heavy (non-hydrogen) atoms. The molecule has 1 rings (SSSR count). The van der Waals surface area contributed by atoms with Crippen molar-refractivity contribution in [3.63, 3.8) is 0 Å². The monoisotopic (exact) mass is 211 g/mol. The van der Waals surface area contributed by atoms with Gasteiger partial charge < -0.3 is 4.74 Å². The van der Waals surface area contributed by atoms with Crippen LogP contribution in [0.2, 0.25) is 0 Å². The van der Waals surface area contributed by atoms with Crippen LogP contribution in [0.25, 0.3) is 0 Å². The van der Waals surface area contributed by atoms with Crippen LogP contribution in [0, 0.1) is 10.1 Å². The summed E-state index contributed by atoms with van der Waals surface area (Å²) in [5.74, 6) is 0.518. The molecule has 82 valence electrons. The minimum Gasteiger partial charge on any atom is -0.476 e. The lowest BCUT2D eigenvalue weighted by molar-refractivity contribution is -0.386. The third kappa shape index (κ3) is 2.39. The standard InChI is InChI=1S/C9H13N3O3/c1-9(2,3)8-10-5-6(12(13)14)7(11-8)15-4/h5H,1-4H3. The molecule has 6 nitrogen and oxygen atoms in total. The normalized spacial score (nSPS) is 11.2. The van der Waals surface area contributed by atoms with E-state index in [2.05, 4.69) is 9.97 Å². The zero-order chi connectivity index (χ0) is 11.6. The van der Waals surface area contributed by atoms with Gasteiger partial charge >= 0.3 is 5.69 Å². The Labute approximate surface area is 87.5 Å². The second-order valence-electron chi connectivity index (χ2n) is 4.10. The number of ether oxygens (including phenoxy) is 1. The molecule has 6 heteroatoms. The summed E-state index contributed by atoms with van der Waals surface area (Å²) in [6.07, 6.45) is 1.17. The number of hydrogen-bond acceptors (Lipinski definition) is 5. The average molecular weight is 211 g/mol. The highest BCUT2D eigenvalue weighted by molar-refractivity contribution is 5.38. The lowest BCUT2D eigenvalue weighted by Gasteiger charge is -2.16. The van der Waals surface area contributed by atoms with E-state index in [9.17, 15) is 10.1 Å². The van der Waals surface area contributed by atoms with Gasteiger partial charge in [-0.25, -0.2) is 4.98 Å². The fourth-order valence-electron chi connectivity index (χ4n) is 0.997. The Morgan fingerprint density at radius 2 is 2.07 bits per heavy atom. The number of nitrogens with zero attached hydrogens (tertiary/aromatic N) is 3. The maximum absolute atomic E-state index is 10.6. The van der Waals surface area contributed by atoms with E-state index in [4.69, 9.17) is 4.74 Å². The second kappa shape index (κ2) is 3.80. The summed E-state index contributed by atoms with van der Waals surface area (Å²) in [4.78, 5) is 18.0. The first kappa shape index (κ1) is 11.4. The van der Waals surface area contributed by atoms with Crippen molar-refractivity contribution in [3.8, 4) is 5.88 Å². The quantitative estimate of drug-likeness (QED) is 0.549. The van der Waals surface area contributed by atoms with Gasteiger partial charge in [0.2, 0.25) is 0 Å². The largest absolute Gasteiger partial charge is 0.476 e. The summed E-state index contributed by atoms with van der Waals surface area (Å²) in [7, 11) is 1.35. The van der Waals surface area contributed by atoms with Crippen LogP contribution in [0.15, 0.2) is 6.20 Å². The fourth-order valence-corrected chi connectivity index (χ4v) is 0.997. The maximum Gasteiger partial charge on any atom is 0.349 e. The predicted molar refractivity (Wildman–Crippen MR) is 53.9 cm³/mol. The van der Waals surface area contributed by atoms with E-state index in [1.807, 2.05) is 20.8 Å². The van der Waals surface area contributed by atoms with Crippen LogP contribution < -0.4 is 4.74 Å². The molecule has 0 N–H and O–H groups in total. The van der Waals surface area contributed by atoms with Gasteiger partial charge in [0.25, 0.3) is 5.88 Å². The summed E-state index contributed by atoms with van der Waals surface area (Å²) in [6, 6.07) is 0. The van der Waals surface area contributed by atoms with Gasteiger partial charge in [-0.05, 0) is 0 Å². The van der Waals surface area contributed by atoms with Gasteiger partial charge in [0.1, 0.15) is 12.0 Å². The Balaban J connectivity index is 3.25. The molecule has 0 fully saturated rings. The highest BCUT2D eigenvalue weighted by Gasteiger charge is 2.23. The molecule has 0 aromatic carbocycles. The van der Waals surface area contributed by atoms with E-state index in [-0.39, 0.29) is 17.0 Å². The van der Waals surface area contributed by atoms with Crippen LogP contribution in [0.3, 0.4) is 0 Å². The van der Waals surface area contributed by atoms with Crippen molar-refractivity contribution < 1.29 is 9.66 Å². The van der Waals surface area contributed by atoms with E-state index in [1.54, 1.807) is 0 Å². The van der Waals surface area contributed by atoms with Gasteiger partial charge in [-0.2, -0.15) is 4.98 Å². The highest BCUT2D eigenvalue weighted by atomic mass is 16.6. The molecule has 0 radical (unpaired) electrons. The van der Waals surface area contributed by atoms with Gasteiger partial charge in [-0.15, -0.1) is 0 Å². The zero-order valence-corrected chi connectivity index (χ0v) is 9.14. The third-order valence-corrected chi connectivity index (χ3v) is 1.80. The van der Waals surface area contributed by atoms with Crippen molar-refractivity contribution in [2.75, 3.05) is 7.11 Å². The van der Waals surface area contributed by atoms with E-state index in [0.29, 0.717) is 5.82 Å². The molecule has 0 amide bonds. The lowest BCUT2D eigenvalue weighted by Crippen LogP contribution is -2.16. The van der Waals surface area contributed by atoms with Crippen LogP contribution >= 0.6 is 0 Å². The Bertz CT molecular complexity index is 385.